The monoisotopic (exact) mass is 261 g/mol. The molecule has 0 spiro atoms. The van der Waals surface area contributed by atoms with Crippen molar-refractivity contribution < 1.29 is 23.9 Å². The highest BCUT2D eigenvalue weighted by molar-refractivity contribution is 6.13. The van der Waals surface area contributed by atoms with Crippen LogP contribution in [0.2, 0.25) is 0 Å². The van der Waals surface area contributed by atoms with Gasteiger partial charge in [-0.15, -0.1) is 0 Å². The molecule has 19 heavy (non-hydrogen) atoms. The Morgan fingerprint density at radius 2 is 2.05 bits per heavy atom. The highest BCUT2D eigenvalue weighted by Gasteiger charge is 2.55. The first-order valence-corrected chi connectivity index (χ1v) is 5.83. The molecule has 0 aliphatic carbocycles. The Balaban J connectivity index is 1.86. The Labute approximate surface area is 108 Å². The van der Waals surface area contributed by atoms with E-state index in [1.807, 2.05) is 30.3 Å². The molecule has 2 aliphatic heterocycles. The number of nitrogens with zero attached hydrogens (tertiary/aromatic N) is 1. The maximum absolute atomic E-state index is 11.9. The molecule has 3 unspecified atom stereocenters. The van der Waals surface area contributed by atoms with E-state index in [4.69, 9.17) is 14.3 Å². The van der Waals surface area contributed by atoms with Crippen molar-refractivity contribution in [2.75, 3.05) is 0 Å². The number of cyclic esters (lactones) is 1. The maximum Gasteiger partial charge on any atom is 0.322 e. The summed E-state index contributed by atoms with van der Waals surface area (Å²) in [5, 5.41) is 3.92. The fourth-order valence-corrected chi connectivity index (χ4v) is 2.19. The lowest BCUT2D eigenvalue weighted by Gasteiger charge is -2.13. The average molecular weight is 261 g/mol. The summed E-state index contributed by atoms with van der Waals surface area (Å²) >= 11 is 0. The normalized spacial score (nSPS) is 28.2. The van der Waals surface area contributed by atoms with Gasteiger partial charge >= 0.3 is 11.9 Å². The van der Waals surface area contributed by atoms with Gasteiger partial charge in [-0.2, -0.15) is 0 Å². The highest BCUT2D eigenvalue weighted by Crippen LogP contribution is 2.34. The molecule has 1 fully saturated rings. The van der Waals surface area contributed by atoms with Crippen LogP contribution in [0.25, 0.3) is 0 Å². The van der Waals surface area contributed by atoms with Crippen LogP contribution in [0.15, 0.2) is 35.5 Å². The van der Waals surface area contributed by atoms with Gasteiger partial charge in [0.2, 0.25) is 6.10 Å². The van der Waals surface area contributed by atoms with Crippen molar-refractivity contribution in [1.29, 1.82) is 0 Å². The Kier molecular flexibility index (Phi) is 2.70. The van der Waals surface area contributed by atoms with Gasteiger partial charge < -0.3 is 14.3 Å². The third-order valence-corrected chi connectivity index (χ3v) is 3.00. The van der Waals surface area contributed by atoms with Gasteiger partial charge in [-0.05, 0) is 0 Å². The SMILES string of the molecule is CC(=O)OC1OC(=O)C2C(c3ccccc3)=NOC12. The standard InChI is InChI=1S/C13H11NO5/c1-7(15)17-13-11-9(12(16)18-13)10(14-19-11)8-5-3-2-4-6-8/h2-6,9,11,13H,1H3. The predicted molar refractivity (Wildman–Crippen MR) is 63.0 cm³/mol. The molecule has 0 amide bonds. The van der Waals surface area contributed by atoms with Crippen LogP contribution in [0.3, 0.4) is 0 Å². The van der Waals surface area contributed by atoms with Crippen LogP contribution in [0, 0.1) is 5.92 Å². The fraction of sp³-hybridized carbons (Fsp3) is 0.308. The van der Waals surface area contributed by atoms with Crippen molar-refractivity contribution in [1.82, 2.24) is 0 Å². The second-order valence-electron chi connectivity index (χ2n) is 4.30. The number of carbonyl (C=O) groups is 2. The molecule has 0 N–H and O–H groups in total. The first-order chi connectivity index (χ1) is 9.16. The number of hydrogen-bond acceptors (Lipinski definition) is 6. The van der Waals surface area contributed by atoms with E-state index in [1.165, 1.54) is 6.92 Å². The Morgan fingerprint density at radius 1 is 1.32 bits per heavy atom. The summed E-state index contributed by atoms with van der Waals surface area (Å²) in [6, 6.07) is 9.21. The van der Waals surface area contributed by atoms with Gasteiger partial charge in [0.15, 0.2) is 0 Å². The zero-order valence-electron chi connectivity index (χ0n) is 10.1. The maximum atomic E-state index is 11.9. The molecule has 0 bridgehead atoms. The van der Waals surface area contributed by atoms with Crippen LogP contribution < -0.4 is 0 Å². The summed E-state index contributed by atoms with van der Waals surface area (Å²) in [4.78, 5) is 28.0. The third-order valence-electron chi connectivity index (χ3n) is 3.00. The minimum absolute atomic E-state index is 0.489. The van der Waals surface area contributed by atoms with Crippen LogP contribution in [0.1, 0.15) is 12.5 Å². The van der Waals surface area contributed by atoms with E-state index in [2.05, 4.69) is 5.16 Å². The minimum atomic E-state index is -1.03. The molecular weight excluding hydrogens is 250 g/mol. The molecule has 2 aliphatic rings. The quantitative estimate of drug-likeness (QED) is 0.738. The van der Waals surface area contributed by atoms with Crippen molar-refractivity contribution in [2.24, 2.45) is 11.1 Å². The van der Waals surface area contributed by atoms with E-state index in [0.717, 1.165) is 5.56 Å². The van der Waals surface area contributed by atoms with Gasteiger partial charge in [-0.1, -0.05) is 35.5 Å². The van der Waals surface area contributed by atoms with Crippen LogP contribution in [0.4, 0.5) is 0 Å². The minimum Gasteiger partial charge on any atom is -0.421 e. The van der Waals surface area contributed by atoms with Crippen molar-refractivity contribution in [3.05, 3.63) is 35.9 Å². The van der Waals surface area contributed by atoms with Gasteiger partial charge in [0.1, 0.15) is 11.6 Å². The predicted octanol–water partition coefficient (Wildman–Crippen LogP) is 0.852. The Morgan fingerprint density at radius 3 is 2.74 bits per heavy atom. The molecule has 1 saturated heterocycles. The van der Waals surface area contributed by atoms with Crippen LogP contribution in [0.5, 0.6) is 0 Å². The molecular formula is C13H11NO5. The van der Waals surface area contributed by atoms with Gasteiger partial charge in [-0.3, -0.25) is 9.59 Å². The highest BCUT2D eigenvalue weighted by atomic mass is 16.8. The van der Waals surface area contributed by atoms with E-state index >= 15 is 0 Å². The summed E-state index contributed by atoms with van der Waals surface area (Å²) in [6.07, 6.45) is -1.73. The van der Waals surface area contributed by atoms with Crippen molar-refractivity contribution in [2.45, 2.75) is 19.3 Å². The summed E-state index contributed by atoms with van der Waals surface area (Å²) in [7, 11) is 0. The first-order valence-electron chi connectivity index (χ1n) is 5.83. The average Bonchev–Trinajstić information content (AvgIpc) is 2.93. The topological polar surface area (TPSA) is 74.2 Å². The lowest BCUT2D eigenvalue weighted by atomic mass is 9.94. The molecule has 2 heterocycles. The Hall–Kier alpha value is -2.37. The van der Waals surface area contributed by atoms with E-state index in [-0.39, 0.29) is 0 Å². The van der Waals surface area contributed by atoms with Crippen LogP contribution in [-0.2, 0) is 23.9 Å². The summed E-state index contributed by atoms with van der Waals surface area (Å²) in [6.45, 7) is 1.25. The molecule has 1 aromatic rings. The molecule has 3 atom stereocenters. The largest absolute Gasteiger partial charge is 0.421 e. The number of benzene rings is 1. The van der Waals surface area contributed by atoms with E-state index in [1.54, 1.807) is 0 Å². The van der Waals surface area contributed by atoms with Crippen molar-refractivity contribution in [3.63, 3.8) is 0 Å². The van der Waals surface area contributed by atoms with E-state index < -0.39 is 30.3 Å². The zero-order chi connectivity index (χ0) is 13.4. The van der Waals surface area contributed by atoms with Crippen molar-refractivity contribution >= 4 is 17.7 Å². The molecule has 0 aromatic heterocycles. The third kappa shape index (κ3) is 1.95. The van der Waals surface area contributed by atoms with Gasteiger partial charge in [-0.25, -0.2) is 0 Å². The molecule has 0 saturated carbocycles. The number of oxime groups is 1. The van der Waals surface area contributed by atoms with E-state index in [0.29, 0.717) is 5.71 Å². The molecule has 1 aromatic carbocycles. The van der Waals surface area contributed by atoms with Crippen LogP contribution >= 0.6 is 0 Å². The van der Waals surface area contributed by atoms with E-state index in [9.17, 15) is 9.59 Å². The lowest BCUT2D eigenvalue weighted by Crippen LogP contribution is -2.31. The van der Waals surface area contributed by atoms with Crippen LogP contribution in [-0.4, -0.2) is 30.0 Å². The summed E-state index contributed by atoms with van der Waals surface area (Å²) in [5.41, 5.74) is 1.29. The second-order valence-corrected chi connectivity index (χ2v) is 4.30. The number of fused-ring (bicyclic) bond motifs is 1. The smallest absolute Gasteiger partial charge is 0.322 e. The zero-order valence-corrected chi connectivity index (χ0v) is 10.1. The number of hydrogen-bond donors (Lipinski definition) is 0. The number of carbonyl (C=O) groups excluding carboxylic acids is 2. The Bertz CT molecular complexity index is 553. The first kappa shape index (κ1) is 11.7. The number of esters is 2. The van der Waals surface area contributed by atoms with Gasteiger partial charge in [0.05, 0.1) is 0 Å². The second kappa shape index (κ2) is 4.38. The molecule has 6 nitrogen and oxygen atoms in total. The molecule has 6 heteroatoms. The lowest BCUT2D eigenvalue weighted by molar-refractivity contribution is -0.188. The fourth-order valence-electron chi connectivity index (χ4n) is 2.19. The van der Waals surface area contributed by atoms with Crippen molar-refractivity contribution in [3.8, 4) is 0 Å². The number of rotatable bonds is 2. The summed E-state index contributed by atoms with van der Waals surface area (Å²) in [5.74, 6) is -1.67. The summed E-state index contributed by atoms with van der Waals surface area (Å²) < 4.78 is 9.90. The molecule has 0 radical (unpaired) electrons. The molecule has 3 rings (SSSR count). The number of ether oxygens (including phenoxy) is 2. The van der Waals surface area contributed by atoms with Gasteiger partial charge in [0, 0.05) is 12.5 Å². The molecule has 98 valence electrons. The van der Waals surface area contributed by atoms with Gasteiger partial charge in [0.25, 0.3) is 6.29 Å².